The standard InChI is InChI=1S/C16H17NO5S2/c1-21-11-3-5-12(6-4-11)24(19,20)17-9-7-14-13(8-10-23-14)15(17)16(18)22-2/h3-6,8,10,15H,7,9H2,1-2H3. The second-order valence-electron chi connectivity index (χ2n) is 5.27. The number of sulfonamides is 1. The molecule has 1 unspecified atom stereocenters. The fraction of sp³-hybridized carbons (Fsp3) is 0.312. The van der Waals surface area contributed by atoms with Crippen molar-refractivity contribution >= 4 is 27.3 Å². The average molecular weight is 367 g/mol. The Bertz CT molecular complexity index is 842. The SMILES string of the molecule is COC(=O)C1c2ccsc2CCN1S(=O)(=O)c1ccc(OC)cc1. The van der Waals surface area contributed by atoms with Crippen LogP contribution in [0.3, 0.4) is 0 Å². The molecule has 128 valence electrons. The van der Waals surface area contributed by atoms with Crippen molar-refractivity contribution in [3.05, 3.63) is 46.2 Å². The van der Waals surface area contributed by atoms with Crippen LogP contribution in [-0.4, -0.2) is 39.5 Å². The molecule has 0 fully saturated rings. The normalized spacial score (nSPS) is 18.0. The van der Waals surface area contributed by atoms with Crippen LogP contribution in [0.2, 0.25) is 0 Å². The van der Waals surface area contributed by atoms with Gasteiger partial charge in [0.1, 0.15) is 11.8 Å². The number of hydrogen-bond acceptors (Lipinski definition) is 6. The number of hydrogen-bond donors (Lipinski definition) is 0. The van der Waals surface area contributed by atoms with Gasteiger partial charge < -0.3 is 9.47 Å². The minimum Gasteiger partial charge on any atom is -0.497 e. The molecule has 1 aliphatic heterocycles. The van der Waals surface area contributed by atoms with Gasteiger partial charge >= 0.3 is 5.97 Å². The topological polar surface area (TPSA) is 72.9 Å². The number of carbonyl (C=O) groups is 1. The lowest BCUT2D eigenvalue weighted by Gasteiger charge is -2.32. The maximum atomic E-state index is 13.0. The van der Waals surface area contributed by atoms with Crippen molar-refractivity contribution < 1.29 is 22.7 Å². The Morgan fingerprint density at radius 3 is 2.54 bits per heavy atom. The summed E-state index contributed by atoms with van der Waals surface area (Å²) in [4.78, 5) is 13.4. The highest BCUT2D eigenvalue weighted by Crippen LogP contribution is 2.37. The first-order chi connectivity index (χ1) is 11.5. The summed E-state index contributed by atoms with van der Waals surface area (Å²) in [6.07, 6.45) is 0.579. The van der Waals surface area contributed by atoms with E-state index in [4.69, 9.17) is 9.47 Å². The lowest BCUT2D eigenvalue weighted by Crippen LogP contribution is -2.43. The first kappa shape index (κ1) is 16.9. The number of fused-ring (bicyclic) bond motifs is 1. The summed E-state index contributed by atoms with van der Waals surface area (Å²) in [5.74, 6) is -0.0105. The van der Waals surface area contributed by atoms with Gasteiger partial charge in [-0.3, -0.25) is 0 Å². The predicted molar refractivity (Wildman–Crippen MR) is 89.7 cm³/mol. The van der Waals surface area contributed by atoms with Gasteiger partial charge in [0.15, 0.2) is 0 Å². The second kappa shape index (κ2) is 6.54. The number of thiophene rings is 1. The summed E-state index contributed by atoms with van der Waals surface area (Å²) >= 11 is 1.52. The maximum Gasteiger partial charge on any atom is 0.328 e. The van der Waals surface area contributed by atoms with E-state index in [0.717, 1.165) is 4.88 Å². The zero-order valence-electron chi connectivity index (χ0n) is 13.3. The van der Waals surface area contributed by atoms with Crippen LogP contribution in [0, 0.1) is 0 Å². The van der Waals surface area contributed by atoms with Crippen molar-refractivity contribution in [1.29, 1.82) is 0 Å². The van der Waals surface area contributed by atoms with Crippen molar-refractivity contribution in [2.45, 2.75) is 17.4 Å². The van der Waals surface area contributed by atoms with Gasteiger partial charge in [0.2, 0.25) is 10.0 Å². The van der Waals surface area contributed by atoms with Crippen molar-refractivity contribution in [2.75, 3.05) is 20.8 Å². The monoisotopic (exact) mass is 367 g/mol. The van der Waals surface area contributed by atoms with Crippen molar-refractivity contribution in [3.63, 3.8) is 0 Å². The summed E-state index contributed by atoms with van der Waals surface area (Å²) in [6.45, 7) is 0.238. The highest BCUT2D eigenvalue weighted by atomic mass is 32.2. The van der Waals surface area contributed by atoms with E-state index in [1.165, 1.54) is 42.0 Å². The molecule has 1 aromatic heterocycles. The van der Waals surface area contributed by atoms with Crippen molar-refractivity contribution in [2.24, 2.45) is 0 Å². The Morgan fingerprint density at radius 2 is 1.92 bits per heavy atom. The minimum atomic E-state index is -3.83. The first-order valence-corrected chi connectivity index (χ1v) is 9.61. The Kier molecular flexibility index (Phi) is 4.62. The quantitative estimate of drug-likeness (QED) is 0.775. The second-order valence-corrected chi connectivity index (χ2v) is 8.16. The third-order valence-corrected chi connectivity index (χ3v) is 6.89. The molecule has 0 saturated carbocycles. The molecule has 1 atom stereocenters. The fourth-order valence-corrected chi connectivity index (χ4v) is 5.25. The molecule has 2 aromatic rings. The van der Waals surface area contributed by atoms with Gasteiger partial charge in [-0.05, 0) is 47.7 Å². The Balaban J connectivity index is 2.03. The molecule has 1 aromatic carbocycles. The van der Waals surface area contributed by atoms with Gasteiger partial charge in [-0.15, -0.1) is 11.3 Å². The largest absolute Gasteiger partial charge is 0.497 e. The van der Waals surface area contributed by atoms with Gasteiger partial charge in [0.05, 0.1) is 19.1 Å². The van der Waals surface area contributed by atoms with E-state index in [9.17, 15) is 13.2 Å². The van der Waals surface area contributed by atoms with Crippen LogP contribution in [0.15, 0.2) is 40.6 Å². The van der Waals surface area contributed by atoms with Crippen molar-refractivity contribution in [1.82, 2.24) is 4.31 Å². The number of rotatable bonds is 4. The predicted octanol–water partition coefficient (Wildman–Crippen LogP) is 2.22. The molecular weight excluding hydrogens is 350 g/mol. The number of carbonyl (C=O) groups excluding carboxylic acids is 1. The molecule has 0 aliphatic carbocycles. The molecule has 1 aliphatic rings. The van der Waals surface area contributed by atoms with E-state index in [2.05, 4.69) is 0 Å². The molecule has 2 heterocycles. The summed E-state index contributed by atoms with van der Waals surface area (Å²) in [7, 11) is -1.05. The van der Waals surface area contributed by atoms with Crippen molar-refractivity contribution in [3.8, 4) is 5.75 Å². The third-order valence-electron chi connectivity index (χ3n) is 4.01. The van der Waals surface area contributed by atoms with E-state index < -0.39 is 22.0 Å². The van der Waals surface area contributed by atoms with E-state index in [-0.39, 0.29) is 11.4 Å². The van der Waals surface area contributed by atoms with Crippen LogP contribution in [0.25, 0.3) is 0 Å². The molecule has 8 heteroatoms. The molecule has 24 heavy (non-hydrogen) atoms. The van der Waals surface area contributed by atoms with Gasteiger partial charge in [-0.1, -0.05) is 0 Å². The van der Waals surface area contributed by atoms with Crippen LogP contribution >= 0.6 is 11.3 Å². The number of nitrogens with zero attached hydrogens (tertiary/aromatic N) is 1. The Labute approximate surface area is 144 Å². The highest BCUT2D eigenvalue weighted by molar-refractivity contribution is 7.89. The number of methoxy groups -OCH3 is 2. The molecule has 0 N–H and O–H groups in total. The molecule has 0 bridgehead atoms. The number of esters is 1. The number of ether oxygens (including phenoxy) is 2. The van der Waals surface area contributed by atoms with E-state index in [1.54, 1.807) is 18.2 Å². The van der Waals surface area contributed by atoms with Crippen LogP contribution in [0.5, 0.6) is 5.75 Å². The minimum absolute atomic E-state index is 0.121. The summed E-state index contributed by atoms with van der Waals surface area (Å²) < 4.78 is 37.2. The van der Waals surface area contributed by atoms with Gasteiger partial charge in [0.25, 0.3) is 0 Å². The first-order valence-electron chi connectivity index (χ1n) is 7.29. The average Bonchev–Trinajstić information content (AvgIpc) is 3.08. The van der Waals surface area contributed by atoms with Gasteiger partial charge in [0, 0.05) is 11.4 Å². The third kappa shape index (κ3) is 2.81. The Hall–Kier alpha value is -1.90. The van der Waals surface area contributed by atoms with Crippen LogP contribution in [-0.2, 0) is 26.0 Å². The molecule has 6 nitrogen and oxygen atoms in total. The fourth-order valence-electron chi connectivity index (χ4n) is 2.79. The van der Waals surface area contributed by atoms with Crippen LogP contribution in [0.1, 0.15) is 16.5 Å². The lowest BCUT2D eigenvalue weighted by molar-refractivity contribution is -0.145. The molecule has 0 radical (unpaired) electrons. The molecular formula is C16H17NO5S2. The van der Waals surface area contributed by atoms with Crippen LogP contribution < -0.4 is 4.74 Å². The van der Waals surface area contributed by atoms with Gasteiger partial charge in [-0.25, -0.2) is 13.2 Å². The summed E-state index contributed by atoms with van der Waals surface area (Å²) in [6, 6.07) is 6.96. The molecule has 0 spiro atoms. The van der Waals surface area contributed by atoms with E-state index >= 15 is 0 Å². The van der Waals surface area contributed by atoms with E-state index in [1.807, 2.05) is 5.38 Å². The molecule has 0 amide bonds. The lowest BCUT2D eigenvalue weighted by atomic mass is 10.0. The summed E-state index contributed by atoms with van der Waals surface area (Å²) in [5, 5.41) is 1.87. The zero-order chi connectivity index (χ0) is 17.3. The maximum absolute atomic E-state index is 13.0. The smallest absolute Gasteiger partial charge is 0.328 e. The number of benzene rings is 1. The highest BCUT2D eigenvalue weighted by Gasteiger charge is 2.41. The van der Waals surface area contributed by atoms with E-state index in [0.29, 0.717) is 17.7 Å². The zero-order valence-corrected chi connectivity index (χ0v) is 14.9. The molecule has 3 rings (SSSR count). The molecule has 0 saturated heterocycles. The summed E-state index contributed by atoms with van der Waals surface area (Å²) in [5.41, 5.74) is 0.704. The van der Waals surface area contributed by atoms with Gasteiger partial charge in [-0.2, -0.15) is 4.31 Å². The Morgan fingerprint density at radius 1 is 1.21 bits per heavy atom. The van der Waals surface area contributed by atoms with Crippen LogP contribution in [0.4, 0.5) is 0 Å².